The van der Waals surface area contributed by atoms with Crippen molar-refractivity contribution in [2.45, 2.75) is 0 Å². The molecule has 2 aromatic carbocycles. The molecule has 112 valence electrons. The van der Waals surface area contributed by atoms with E-state index in [2.05, 4.69) is 10.6 Å². The number of ether oxygens (including phenoxy) is 2. The van der Waals surface area contributed by atoms with Gasteiger partial charge in [0.15, 0.2) is 16.6 Å². The van der Waals surface area contributed by atoms with Crippen molar-refractivity contribution in [2.24, 2.45) is 0 Å². The fraction of sp³-hybridized carbons (Fsp3) is 0.0667. The Morgan fingerprint density at radius 3 is 2.73 bits per heavy atom. The Morgan fingerprint density at radius 1 is 1.14 bits per heavy atom. The van der Waals surface area contributed by atoms with Crippen molar-refractivity contribution < 1.29 is 14.3 Å². The second-order valence-corrected chi connectivity index (χ2v) is 5.27. The van der Waals surface area contributed by atoms with Crippen molar-refractivity contribution >= 4 is 40.5 Å². The summed E-state index contributed by atoms with van der Waals surface area (Å²) in [5.41, 5.74) is 1.05. The Morgan fingerprint density at radius 2 is 1.91 bits per heavy atom. The Kier molecular flexibility index (Phi) is 4.13. The second kappa shape index (κ2) is 6.21. The van der Waals surface area contributed by atoms with E-state index < -0.39 is 0 Å². The summed E-state index contributed by atoms with van der Waals surface area (Å²) in [6.45, 7) is 0.160. The molecule has 0 saturated heterocycles. The van der Waals surface area contributed by atoms with Crippen LogP contribution in [0, 0.1) is 0 Å². The number of fused-ring (bicyclic) bond motifs is 1. The van der Waals surface area contributed by atoms with Crippen LogP contribution in [0.2, 0.25) is 5.02 Å². The molecule has 0 saturated carbocycles. The number of para-hydroxylation sites is 1. The quantitative estimate of drug-likeness (QED) is 0.826. The van der Waals surface area contributed by atoms with Gasteiger partial charge in [-0.3, -0.25) is 10.1 Å². The normalized spacial score (nSPS) is 11.9. The Bertz CT molecular complexity index is 751. The first-order valence-electron chi connectivity index (χ1n) is 6.40. The molecule has 1 aliphatic heterocycles. The number of halogens is 1. The third-order valence-corrected chi connectivity index (χ3v) is 3.52. The van der Waals surface area contributed by atoms with E-state index in [1.54, 1.807) is 30.3 Å². The van der Waals surface area contributed by atoms with Gasteiger partial charge in [-0.15, -0.1) is 0 Å². The summed E-state index contributed by atoms with van der Waals surface area (Å²) in [4.78, 5) is 12.2. The average molecular weight is 335 g/mol. The molecule has 0 fully saturated rings. The van der Waals surface area contributed by atoms with E-state index in [0.29, 0.717) is 27.8 Å². The molecule has 5 nitrogen and oxygen atoms in total. The fourth-order valence-corrected chi connectivity index (χ4v) is 2.31. The highest BCUT2D eigenvalue weighted by atomic mass is 35.5. The van der Waals surface area contributed by atoms with Crippen LogP contribution in [-0.2, 0) is 0 Å². The van der Waals surface area contributed by atoms with Gasteiger partial charge in [-0.2, -0.15) is 0 Å². The molecule has 3 rings (SSSR count). The van der Waals surface area contributed by atoms with Gasteiger partial charge in [0.2, 0.25) is 6.79 Å². The molecule has 1 heterocycles. The number of anilines is 1. The van der Waals surface area contributed by atoms with Crippen LogP contribution in [0.3, 0.4) is 0 Å². The van der Waals surface area contributed by atoms with Gasteiger partial charge in [0, 0.05) is 5.56 Å². The van der Waals surface area contributed by atoms with Crippen molar-refractivity contribution in [3.8, 4) is 11.5 Å². The number of carbonyl (C=O) groups is 1. The van der Waals surface area contributed by atoms with Crippen LogP contribution in [0.1, 0.15) is 10.4 Å². The third kappa shape index (κ3) is 3.13. The van der Waals surface area contributed by atoms with Gasteiger partial charge in [0.05, 0.1) is 10.7 Å². The zero-order valence-electron chi connectivity index (χ0n) is 11.3. The van der Waals surface area contributed by atoms with Crippen LogP contribution in [-0.4, -0.2) is 17.8 Å². The topological polar surface area (TPSA) is 59.6 Å². The van der Waals surface area contributed by atoms with Crippen molar-refractivity contribution in [1.82, 2.24) is 5.32 Å². The van der Waals surface area contributed by atoms with Gasteiger partial charge in [-0.05, 0) is 42.5 Å². The minimum absolute atomic E-state index is 0.160. The Balaban J connectivity index is 1.66. The van der Waals surface area contributed by atoms with Gasteiger partial charge in [-0.25, -0.2) is 0 Å². The molecule has 1 amide bonds. The first-order valence-corrected chi connectivity index (χ1v) is 7.18. The van der Waals surface area contributed by atoms with Crippen LogP contribution in [0.15, 0.2) is 42.5 Å². The molecule has 0 radical (unpaired) electrons. The highest BCUT2D eigenvalue weighted by Gasteiger charge is 2.16. The maximum absolute atomic E-state index is 12.2. The molecule has 0 aromatic heterocycles. The zero-order chi connectivity index (χ0) is 15.5. The number of hydrogen-bond donors (Lipinski definition) is 2. The fourth-order valence-electron chi connectivity index (χ4n) is 1.93. The summed E-state index contributed by atoms with van der Waals surface area (Å²) in [6.07, 6.45) is 0. The lowest BCUT2D eigenvalue weighted by molar-refractivity contribution is 0.0977. The number of thiocarbonyl (C=S) groups is 1. The summed E-state index contributed by atoms with van der Waals surface area (Å²) < 4.78 is 10.4. The van der Waals surface area contributed by atoms with Crippen molar-refractivity contribution in [3.63, 3.8) is 0 Å². The second-order valence-electron chi connectivity index (χ2n) is 4.46. The number of benzene rings is 2. The lowest BCUT2D eigenvalue weighted by Crippen LogP contribution is -2.34. The lowest BCUT2D eigenvalue weighted by atomic mass is 10.2. The molecular weight excluding hydrogens is 324 g/mol. The molecular formula is C15H11ClN2O3S. The summed E-state index contributed by atoms with van der Waals surface area (Å²) in [5.74, 6) is 0.814. The van der Waals surface area contributed by atoms with Gasteiger partial charge in [-0.1, -0.05) is 23.7 Å². The molecule has 0 unspecified atom stereocenters. The molecule has 1 aliphatic rings. The van der Waals surface area contributed by atoms with Crippen molar-refractivity contribution in [1.29, 1.82) is 0 Å². The minimum Gasteiger partial charge on any atom is -0.454 e. The molecule has 2 N–H and O–H groups in total. The highest BCUT2D eigenvalue weighted by Crippen LogP contribution is 2.32. The van der Waals surface area contributed by atoms with Gasteiger partial charge in [0.25, 0.3) is 5.91 Å². The number of amides is 1. The van der Waals surface area contributed by atoms with Gasteiger partial charge in [0.1, 0.15) is 0 Å². The summed E-state index contributed by atoms with van der Waals surface area (Å²) in [6, 6.07) is 12.0. The van der Waals surface area contributed by atoms with E-state index in [1.807, 2.05) is 12.1 Å². The van der Waals surface area contributed by atoms with Crippen LogP contribution in [0.25, 0.3) is 0 Å². The first-order chi connectivity index (χ1) is 10.6. The van der Waals surface area contributed by atoms with Gasteiger partial charge < -0.3 is 14.8 Å². The summed E-state index contributed by atoms with van der Waals surface area (Å²) in [7, 11) is 0. The molecule has 0 bridgehead atoms. The van der Waals surface area contributed by atoms with Crippen molar-refractivity contribution in [3.05, 3.63) is 53.1 Å². The van der Waals surface area contributed by atoms with E-state index in [1.165, 1.54) is 0 Å². The maximum atomic E-state index is 12.2. The first kappa shape index (κ1) is 14.6. The van der Waals surface area contributed by atoms with E-state index in [9.17, 15) is 4.79 Å². The number of hydrogen-bond acceptors (Lipinski definition) is 4. The molecule has 2 aromatic rings. The molecule has 0 atom stereocenters. The summed E-state index contributed by atoms with van der Waals surface area (Å²) >= 11 is 11.1. The van der Waals surface area contributed by atoms with Crippen LogP contribution < -0.4 is 20.1 Å². The third-order valence-electron chi connectivity index (χ3n) is 2.98. The maximum Gasteiger partial charge on any atom is 0.257 e. The SMILES string of the molecule is O=C(NC(=S)Nc1ccccc1Cl)c1ccc2c(c1)OCO2. The number of rotatable bonds is 2. The zero-order valence-corrected chi connectivity index (χ0v) is 12.8. The molecule has 0 aliphatic carbocycles. The van der Waals surface area contributed by atoms with E-state index in [0.717, 1.165) is 0 Å². The predicted octanol–water partition coefficient (Wildman–Crippen LogP) is 3.20. The monoisotopic (exact) mass is 334 g/mol. The molecule has 22 heavy (non-hydrogen) atoms. The summed E-state index contributed by atoms with van der Waals surface area (Å²) in [5, 5.41) is 6.14. The van der Waals surface area contributed by atoms with Crippen LogP contribution >= 0.6 is 23.8 Å². The highest BCUT2D eigenvalue weighted by molar-refractivity contribution is 7.80. The average Bonchev–Trinajstić information content (AvgIpc) is 2.97. The predicted molar refractivity (Wildman–Crippen MR) is 87.7 cm³/mol. The molecule has 0 spiro atoms. The van der Waals surface area contributed by atoms with Crippen LogP contribution in [0.5, 0.6) is 11.5 Å². The molecule has 7 heteroatoms. The Hall–Kier alpha value is -2.31. The van der Waals surface area contributed by atoms with E-state index in [4.69, 9.17) is 33.3 Å². The smallest absolute Gasteiger partial charge is 0.257 e. The van der Waals surface area contributed by atoms with Crippen LogP contribution in [0.4, 0.5) is 5.69 Å². The lowest BCUT2D eigenvalue weighted by Gasteiger charge is -2.11. The number of carbonyl (C=O) groups excluding carboxylic acids is 1. The van der Waals surface area contributed by atoms with Crippen molar-refractivity contribution in [2.75, 3.05) is 12.1 Å². The van der Waals surface area contributed by atoms with Gasteiger partial charge >= 0.3 is 0 Å². The van der Waals surface area contributed by atoms with E-state index >= 15 is 0 Å². The minimum atomic E-state index is -0.345. The Labute approximate surface area is 137 Å². The number of nitrogens with one attached hydrogen (secondary N) is 2. The largest absolute Gasteiger partial charge is 0.454 e. The van der Waals surface area contributed by atoms with E-state index in [-0.39, 0.29) is 17.8 Å². The standard InChI is InChI=1S/C15H11ClN2O3S/c16-10-3-1-2-4-11(10)17-15(22)18-14(19)9-5-6-12-13(7-9)21-8-20-12/h1-7H,8H2,(H2,17,18,19,22).